The van der Waals surface area contributed by atoms with E-state index >= 15 is 0 Å². The smallest absolute Gasteiger partial charge is 0.326 e. The second kappa shape index (κ2) is 11.7. The van der Waals surface area contributed by atoms with Crippen LogP contribution in [0.15, 0.2) is 53.1 Å². The minimum absolute atomic E-state index is 0.0207. The minimum Gasteiger partial charge on any atom is -0.508 e. The molecule has 36 heavy (non-hydrogen) atoms. The van der Waals surface area contributed by atoms with Gasteiger partial charge in [0, 0.05) is 6.42 Å². The van der Waals surface area contributed by atoms with E-state index in [0.29, 0.717) is 12.0 Å². The van der Waals surface area contributed by atoms with Crippen molar-refractivity contribution in [2.75, 3.05) is 0 Å². The summed E-state index contributed by atoms with van der Waals surface area (Å²) in [7, 11) is 0. The van der Waals surface area contributed by atoms with Gasteiger partial charge in [-0.3, -0.25) is 4.79 Å². The zero-order valence-corrected chi connectivity index (χ0v) is 19.0. The molecule has 0 aliphatic carbocycles. The maximum absolute atomic E-state index is 12.6. The highest BCUT2D eigenvalue weighted by atomic mass is 16.5. The molecule has 0 bridgehead atoms. The fraction of sp³-hybridized carbons (Fsp3) is 0.261. The van der Waals surface area contributed by atoms with Gasteiger partial charge in [0.25, 0.3) is 0 Å². The number of primary amides is 1. The van der Waals surface area contributed by atoms with Crippen LogP contribution in [0.4, 0.5) is 4.79 Å². The Morgan fingerprint density at radius 1 is 0.917 bits per heavy atom. The highest BCUT2D eigenvalue weighted by Gasteiger charge is 2.27. The summed E-state index contributed by atoms with van der Waals surface area (Å²) in [5.74, 6) is -1.94. The van der Waals surface area contributed by atoms with Gasteiger partial charge in [-0.25, -0.2) is 9.59 Å². The average Bonchev–Trinajstić information content (AvgIpc) is 3.31. The number of hydrogen-bond acceptors (Lipinski definition) is 9. The van der Waals surface area contributed by atoms with Crippen molar-refractivity contribution in [2.24, 2.45) is 11.5 Å². The Morgan fingerprint density at radius 2 is 1.47 bits per heavy atom. The van der Waals surface area contributed by atoms with Gasteiger partial charge in [-0.05, 0) is 41.8 Å². The number of aliphatic carboxylic acids is 1. The molecule has 2 aromatic carbocycles. The van der Waals surface area contributed by atoms with Gasteiger partial charge in [-0.2, -0.15) is 4.98 Å². The summed E-state index contributed by atoms with van der Waals surface area (Å²) in [4.78, 5) is 40.0. The molecule has 1 heterocycles. The van der Waals surface area contributed by atoms with Gasteiger partial charge in [-0.1, -0.05) is 29.4 Å². The van der Waals surface area contributed by atoms with Crippen LogP contribution in [0.25, 0.3) is 0 Å². The highest BCUT2D eigenvalue weighted by molar-refractivity contribution is 5.83. The molecular weight excluding hydrogens is 472 g/mol. The molecule has 0 saturated carbocycles. The number of carboxylic acids is 1. The van der Waals surface area contributed by atoms with Crippen LogP contribution in [0.5, 0.6) is 11.5 Å². The summed E-state index contributed by atoms with van der Waals surface area (Å²) in [5.41, 5.74) is 12.8. The van der Waals surface area contributed by atoms with Crippen molar-refractivity contribution in [2.45, 2.75) is 37.4 Å². The molecule has 190 valence electrons. The van der Waals surface area contributed by atoms with Crippen LogP contribution in [0.3, 0.4) is 0 Å². The number of phenolic OH excluding ortho intramolecular Hbond substituents is 2. The monoisotopic (exact) mass is 498 g/mol. The molecule has 9 N–H and O–H groups in total. The normalized spacial score (nSPS) is 13.4. The summed E-state index contributed by atoms with van der Waals surface area (Å²) < 4.78 is 5.19. The molecule has 0 radical (unpaired) electrons. The van der Waals surface area contributed by atoms with Crippen LogP contribution in [0.1, 0.15) is 41.3 Å². The number of benzene rings is 2. The third-order valence-corrected chi connectivity index (χ3v) is 5.17. The Labute approximate surface area is 205 Å². The number of amides is 3. The first-order valence-corrected chi connectivity index (χ1v) is 10.8. The molecule has 1 aromatic heterocycles. The number of aromatic nitrogens is 2. The predicted octanol–water partition coefficient (Wildman–Crippen LogP) is 0.635. The average molecular weight is 498 g/mol. The maximum atomic E-state index is 12.6. The van der Waals surface area contributed by atoms with Gasteiger partial charge in [0.2, 0.25) is 11.8 Å². The molecule has 3 amide bonds. The van der Waals surface area contributed by atoms with Crippen LogP contribution in [-0.4, -0.2) is 49.4 Å². The van der Waals surface area contributed by atoms with Crippen LogP contribution in [-0.2, 0) is 22.4 Å². The number of hydrogen-bond donors (Lipinski definition) is 7. The minimum atomic E-state index is -1.30. The van der Waals surface area contributed by atoms with E-state index in [4.69, 9.17) is 16.0 Å². The lowest BCUT2D eigenvalue weighted by atomic mass is 10.1. The molecule has 0 unspecified atom stereocenters. The van der Waals surface area contributed by atoms with E-state index in [1.54, 1.807) is 12.1 Å². The number of rotatable bonds is 11. The van der Waals surface area contributed by atoms with E-state index in [1.807, 2.05) is 0 Å². The van der Waals surface area contributed by atoms with E-state index < -0.39 is 42.5 Å². The standard InChI is InChI=1S/C23H26N6O7/c24-16(9-12-1-5-14(30)6-2-12)20-28-21(36-29-20)17(11-19(25)32)26-23(35)27-18(22(33)34)10-13-3-7-15(31)8-4-13/h1-8,16-18,30-31H,9-11,24H2,(H2,25,32)(H,33,34)(H2,26,27,35)/t16-,17-,18-/m0/s1. The summed E-state index contributed by atoms with van der Waals surface area (Å²) in [6.07, 6.45) is -0.122. The van der Waals surface area contributed by atoms with E-state index in [0.717, 1.165) is 5.56 Å². The predicted molar refractivity (Wildman–Crippen MR) is 124 cm³/mol. The zero-order valence-electron chi connectivity index (χ0n) is 19.0. The SMILES string of the molecule is NC(=O)C[C@H](NC(=O)N[C@@H](Cc1ccc(O)cc1)C(=O)O)c1nc([C@@H](N)Cc2ccc(O)cc2)no1. The Morgan fingerprint density at radius 3 is 2.00 bits per heavy atom. The number of nitrogens with two attached hydrogens (primary N) is 2. The number of urea groups is 1. The lowest BCUT2D eigenvalue weighted by molar-refractivity contribution is -0.139. The number of nitrogens with one attached hydrogen (secondary N) is 2. The van der Waals surface area contributed by atoms with Crippen molar-refractivity contribution >= 4 is 17.9 Å². The molecule has 0 aliphatic rings. The molecule has 0 aliphatic heterocycles. The summed E-state index contributed by atoms with van der Waals surface area (Å²) in [6.45, 7) is 0. The second-order valence-corrected chi connectivity index (χ2v) is 8.07. The molecule has 0 saturated heterocycles. The van der Waals surface area contributed by atoms with Crippen LogP contribution < -0.4 is 22.1 Å². The highest BCUT2D eigenvalue weighted by Crippen LogP contribution is 2.20. The summed E-state index contributed by atoms with van der Waals surface area (Å²) in [6, 6.07) is 8.25. The van der Waals surface area contributed by atoms with Crippen molar-refractivity contribution in [3.63, 3.8) is 0 Å². The third kappa shape index (κ3) is 7.43. The summed E-state index contributed by atoms with van der Waals surface area (Å²) >= 11 is 0. The van der Waals surface area contributed by atoms with Crippen molar-refractivity contribution in [3.05, 3.63) is 71.4 Å². The summed E-state index contributed by atoms with van der Waals surface area (Å²) in [5, 5.41) is 36.8. The maximum Gasteiger partial charge on any atom is 0.326 e. The molecular formula is C23H26N6O7. The van der Waals surface area contributed by atoms with Gasteiger partial charge in [-0.15, -0.1) is 0 Å². The topological polar surface area (TPSA) is 227 Å². The van der Waals surface area contributed by atoms with E-state index in [-0.39, 0.29) is 29.6 Å². The number of aromatic hydroxyl groups is 2. The van der Waals surface area contributed by atoms with Gasteiger partial charge < -0.3 is 41.9 Å². The third-order valence-electron chi connectivity index (χ3n) is 5.17. The number of phenols is 2. The molecule has 0 fully saturated rings. The largest absolute Gasteiger partial charge is 0.508 e. The van der Waals surface area contributed by atoms with Gasteiger partial charge in [0.1, 0.15) is 23.6 Å². The van der Waals surface area contributed by atoms with E-state index in [2.05, 4.69) is 20.8 Å². The fourth-order valence-electron chi connectivity index (χ4n) is 3.34. The molecule has 0 spiro atoms. The quantitative estimate of drug-likeness (QED) is 0.195. The Bertz CT molecular complexity index is 1200. The van der Waals surface area contributed by atoms with Gasteiger partial charge >= 0.3 is 12.0 Å². The van der Waals surface area contributed by atoms with Crippen molar-refractivity contribution in [3.8, 4) is 11.5 Å². The number of nitrogens with zero attached hydrogens (tertiary/aromatic N) is 2. The van der Waals surface area contributed by atoms with Crippen LogP contribution in [0, 0.1) is 0 Å². The van der Waals surface area contributed by atoms with Crippen molar-refractivity contribution in [1.29, 1.82) is 0 Å². The Hall–Kier alpha value is -4.65. The number of carbonyl (C=O) groups is 3. The molecule has 13 nitrogen and oxygen atoms in total. The van der Waals surface area contributed by atoms with Crippen LogP contribution >= 0.6 is 0 Å². The van der Waals surface area contributed by atoms with Gasteiger partial charge in [0.05, 0.1) is 12.5 Å². The van der Waals surface area contributed by atoms with Crippen LogP contribution in [0.2, 0.25) is 0 Å². The van der Waals surface area contributed by atoms with E-state index in [1.165, 1.54) is 36.4 Å². The number of carbonyl (C=O) groups excluding carboxylic acids is 2. The lowest BCUT2D eigenvalue weighted by Crippen LogP contribution is -2.48. The zero-order chi connectivity index (χ0) is 26.2. The van der Waals surface area contributed by atoms with Crippen molar-refractivity contribution < 1.29 is 34.2 Å². The first kappa shape index (κ1) is 26.0. The van der Waals surface area contributed by atoms with E-state index in [9.17, 15) is 29.7 Å². The number of carboxylic acid groups (broad SMARTS) is 1. The van der Waals surface area contributed by atoms with Crippen molar-refractivity contribution in [1.82, 2.24) is 20.8 Å². The molecule has 3 aromatic rings. The Balaban J connectivity index is 1.67. The second-order valence-electron chi connectivity index (χ2n) is 8.07. The first-order valence-electron chi connectivity index (χ1n) is 10.8. The van der Waals surface area contributed by atoms with Gasteiger partial charge in [0.15, 0.2) is 5.82 Å². The molecule has 3 atom stereocenters. The fourth-order valence-corrected chi connectivity index (χ4v) is 3.34. The molecule has 13 heteroatoms. The Kier molecular flexibility index (Phi) is 8.41. The lowest BCUT2D eigenvalue weighted by Gasteiger charge is -2.18. The molecule has 3 rings (SSSR count). The first-order chi connectivity index (χ1) is 17.1.